The monoisotopic (exact) mass is 213 g/mol. The normalized spacial score (nSPS) is 27.7. The molecule has 1 saturated carbocycles. The molecular formula is C11H19NO3. The number of aliphatic hydroxyl groups excluding tert-OH is 1. The number of amides is 1. The molecule has 0 bridgehead atoms. The molecule has 86 valence electrons. The summed E-state index contributed by atoms with van der Waals surface area (Å²) in [6.45, 7) is 2.23. The van der Waals surface area contributed by atoms with Crippen LogP contribution in [0.5, 0.6) is 0 Å². The van der Waals surface area contributed by atoms with Crippen LogP contribution in [0.1, 0.15) is 25.7 Å². The van der Waals surface area contributed by atoms with Crippen LogP contribution in [-0.4, -0.2) is 37.4 Å². The highest BCUT2D eigenvalue weighted by atomic mass is 16.5. The van der Waals surface area contributed by atoms with E-state index in [2.05, 4.69) is 5.32 Å². The highest BCUT2D eigenvalue weighted by molar-refractivity contribution is 5.79. The lowest BCUT2D eigenvalue weighted by molar-refractivity contribution is -0.125. The average Bonchev–Trinajstić information content (AvgIpc) is 2.81. The lowest BCUT2D eigenvalue weighted by Gasteiger charge is -2.16. The van der Waals surface area contributed by atoms with E-state index in [1.165, 1.54) is 0 Å². The topological polar surface area (TPSA) is 58.6 Å². The molecule has 0 aromatic carbocycles. The minimum atomic E-state index is 0.0509. The molecule has 4 heteroatoms. The number of aliphatic hydroxyl groups is 1. The number of carbonyl (C=O) groups excluding carboxylic acids is 1. The van der Waals surface area contributed by atoms with Gasteiger partial charge in [0, 0.05) is 19.8 Å². The van der Waals surface area contributed by atoms with Gasteiger partial charge in [-0.3, -0.25) is 4.79 Å². The molecule has 0 spiro atoms. The Hall–Kier alpha value is -0.610. The molecule has 1 aliphatic carbocycles. The summed E-state index contributed by atoms with van der Waals surface area (Å²) in [5.41, 5.74) is 0.212. The summed E-state index contributed by atoms with van der Waals surface area (Å²) in [7, 11) is 0. The van der Waals surface area contributed by atoms with Crippen LogP contribution >= 0.6 is 0 Å². The van der Waals surface area contributed by atoms with Crippen LogP contribution in [0.2, 0.25) is 0 Å². The first kappa shape index (κ1) is 10.9. The smallest absolute Gasteiger partial charge is 0.225 e. The Labute approximate surface area is 90.0 Å². The third kappa shape index (κ3) is 2.69. The van der Waals surface area contributed by atoms with Crippen LogP contribution in [0.4, 0.5) is 0 Å². The Morgan fingerprint density at radius 1 is 1.53 bits per heavy atom. The summed E-state index contributed by atoms with van der Waals surface area (Å²) in [6.07, 6.45) is 3.93. The maximum absolute atomic E-state index is 11.7. The zero-order valence-electron chi connectivity index (χ0n) is 9.00. The maximum Gasteiger partial charge on any atom is 0.225 e. The molecule has 1 atom stereocenters. The summed E-state index contributed by atoms with van der Waals surface area (Å²) >= 11 is 0. The van der Waals surface area contributed by atoms with E-state index in [-0.39, 0.29) is 23.8 Å². The van der Waals surface area contributed by atoms with Crippen molar-refractivity contribution >= 4 is 5.91 Å². The lowest BCUT2D eigenvalue weighted by Crippen LogP contribution is -2.35. The van der Waals surface area contributed by atoms with Crippen molar-refractivity contribution in [3.8, 4) is 0 Å². The van der Waals surface area contributed by atoms with Crippen molar-refractivity contribution in [2.45, 2.75) is 25.7 Å². The number of rotatable bonds is 5. The fourth-order valence-electron chi connectivity index (χ4n) is 2.09. The van der Waals surface area contributed by atoms with Gasteiger partial charge < -0.3 is 15.2 Å². The summed E-state index contributed by atoms with van der Waals surface area (Å²) in [5, 5.41) is 11.9. The van der Waals surface area contributed by atoms with Gasteiger partial charge in [-0.25, -0.2) is 0 Å². The van der Waals surface area contributed by atoms with E-state index in [0.717, 1.165) is 32.2 Å². The molecule has 4 nitrogen and oxygen atoms in total. The predicted octanol–water partition coefficient (Wildman–Crippen LogP) is 0.302. The molecule has 2 aliphatic rings. The van der Waals surface area contributed by atoms with E-state index < -0.39 is 0 Å². The first-order valence-electron chi connectivity index (χ1n) is 5.72. The maximum atomic E-state index is 11.7. The van der Waals surface area contributed by atoms with Crippen LogP contribution in [0, 0.1) is 11.3 Å². The molecule has 1 heterocycles. The molecule has 1 saturated heterocycles. The number of ether oxygens (including phenoxy) is 1. The Balaban J connectivity index is 1.70. The second-order valence-electron chi connectivity index (χ2n) is 4.75. The molecule has 0 aromatic heterocycles. The van der Waals surface area contributed by atoms with Crippen molar-refractivity contribution in [2.75, 3.05) is 26.4 Å². The van der Waals surface area contributed by atoms with E-state index in [1.54, 1.807) is 0 Å². The highest BCUT2D eigenvalue weighted by Gasteiger charge is 2.42. The first-order valence-corrected chi connectivity index (χ1v) is 5.72. The van der Waals surface area contributed by atoms with Gasteiger partial charge in [0.2, 0.25) is 5.91 Å². The molecule has 0 radical (unpaired) electrons. The van der Waals surface area contributed by atoms with Crippen LogP contribution in [0.25, 0.3) is 0 Å². The standard InChI is InChI=1S/C11H19NO3/c13-5-4-11(2-3-11)8-12-10(14)9-1-6-15-7-9/h9,13H,1-8H2,(H,12,14). The first-order chi connectivity index (χ1) is 7.26. The van der Waals surface area contributed by atoms with Crippen molar-refractivity contribution < 1.29 is 14.6 Å². The average molecular weight is 213 g/mol. The van der Waals surface area contributed by atoms with Gasteiger partial charge in [0.25, 0.3) is 0 Å². The van der Waals surface area contributed by atoms with Gasteiger partial charge in [0.1, 0.15) is 0 Å². The molecule has 1 amide bonds. The van der Waals surface area contributed by atoms with Gasteiger partial charge in [-0.2, -0.15) is 0 Å². The quantitative estimate of drug-likeness (QED) is 0.690. The molecule has 15 heavy (non-hydrogen) atoms. The molecule has 1 unspecified atom stereocenters. The van der Waals surface area contributed by atoms with Gasteiger partial charge in [-0.1, -0.05) is 0 Å². The van der Waals surface area contributed by atoms with Crippen molar-refractivity contribution in [1.82, 2.24) is 5.32 Å². The summed E-state index contributed by atoms with van der Waals surface area (Å²) in [6, 6.07) is 0. The van der Waals surface area contributed by atoms with E-state index >= 15 is 0 Å². The zero-order valence-corrected chi connectivity index (χ0v) is 9.00. The van der Waals surface area contributed by atoms with Gasteiger partial charge in [0.15, 0.2) is 0 Å². The van der Waals surface area contributed by atoms with Gasteiger partial charge in [0.05, 0.1) is 12.5 Å². The third-order valence-electron chi connectivity index (χ3n) is 3.54. The van der Waals surface area contributed by atoms with Crippen LogP contribution in [-0.2, 0) is 9.53 Å². The Morgan fingerprint density at radius 2 is 2.33 bits per heavy atom. The SMILES string of the molecule is O=C(NCC1(CCO)CC1)C1CCOC1. The second kappa shape index (κ2) is 4.49. The van der Waals surface area contributed by atoms with Crippen molar-refractivity contribution in [3.63, 3.8) is 0 Å². The number of nitrogens with one attached hydrogen (secondary N) is 1. The minimum absolute atomic E-state index is 0.0509. The third-order valence-corrected chi connectivity index (χ3v) is 3.54. The Kier molecular flexibility index (Phi) is 3.26. The van der Waals surface area contributed by atoms with Crippen LogP contribution in [0.3, 0.4) is 0 Å². The summed E-state index contributed by atoms with van der Waals surface area (Å²) in [5.74, 6) is 0.173. The van der Waals surface area contributed by atoms with Gasteiger partial charge >= 0.3 is 0 Å². The molecule has 2 fully saturated rings. The van der Waals surface area contributed by atoms with Gasteiger partial charge in [-0.05, 0) is 31.1 Å². The van der Waals surface area contributed by atoms with Crippen molar-refractivity contribution in [2.24, 2.45) is 11.3 Å². The van der Waals surface area contributed by atoms with E-state index in [4.69, 9.17) is 9.84 Å². The molecule has 2 rings (SSSR count). The fourth-order valence-corrected chi connectivity index (χ4v) is 2.09. The molecular weight excluding hydrogens is 194 g/mol. The van der Waals surface area contributed by atoms with Gasteiger partial charge in [-0.15, -0.1) is 0 Å². The van der Waals surface area contributed by atoms with E-state index in [0.29, 0.717) is 13.2 Å². The lowest BCUT2D eigenvalue weighted by atomic mass is 10.0. The van der Waals surface area contributed by atoms with Crippen LogP contribution < -0.4 is 5.32 Å². The van der Waals surface area contributed by atoms with Crippen molar-refractivity contribution in [3.05, 3.63) is 0 Å². The Bertz CT molecular complexity index is 232. The molecule has 1 aliphatic heterocycles. The highest BCUT2D eigenvalue weighted by Crippen LogP contribution is 2.47. The van der Waals surface area contributed by atoms with Crippen molar-refractivity contribution in [1.29, 1.82) is 0 Å². The summed E-state index contributed by atoms with van der Waals surface area (Å²) < 4.78 is 5.17. The number of carbonyl (C=O) groups is 1. The molecule has 0 aromatic rings. The predicted molar refractivity (Wildman–Crippen MR) is 55.3 cm³/mol. The fraction of sp³-hybridized carbons (Fsp3) is 0.909. The molecule has 2 N–H and O–H groups in total. The van der Waals surface area contributed by atoms with E-state index in [9.17, 15) is 4.79 Å². The van der Waals surface area contributed by atoms with Crippen LogP contribution in [0.15, 0.2) is 0 Å². The second-order valence-corrected chi connectivity index (χ2v) is 4.75. The number of hydrogen-bond donors (Lipinski definition) is 2. The Morgan fingerprint density at radius 3 is 2.87 bits per heavy atom. The zero-order chi connectivity index (χ0) is 10.7. The largest absolute Gasteiger partial charge is 0.396 e. The van der Waals surface area contributed by atoms with E-state index in [1.807, 2.05) is 0 Å². The minimum Gasteiger partial charge on any atom is -0.396 e. The number of hydrogen-bond acceptors (Lipinski definition) is 3. The summed E-state index contributed by atoms with van der Waals surface area (Å²) in [4.78, 5) is 11.7.